The molecule has 1 aromatic heterocycles. The molecule has 0 saturated carbocycles. The molecule has 74 valence electrons. The summed E-state index contributed by atoms with van der Waals surface area (Å²) in [6.07, 6.45) is 4.33. The zero-order chi connectivity index (χ0) is 9.68. The fraction of sp³-hybridized carbons (Fsp3) is 0.700. The lowest BCUT2D eigenvalue weighted by Crippen LogP contribution is -2.01. The first-order chi connectivity index (χ1) is 6.27. The Morgan fingerprint density at radius 1 is 1.46 bits per heavy atom. The lowest BCUT2D eigenvalue weighted by molar-refractivity contribution is 0.679. The van der Waals surface area contributed by atoms with Gasteiger partial charge in [-0.2, -0.15) is 5.10 Å². The summed E-state index contributed by atoms with van der Waals surface area (Å²) in [6, 6.07) is 2.19. The predicted molar refractivity (Wildman–Crippen MR) is 54.6 cm³/mol. The average Bonchev–Trinajstić information content (AvgIpc) is 2.45. The fourth-order valence-electron chi connectivity index (χ4n) is 1.47. The van der Waals surface area contributed by atoms with Crippen molar-refractivity contribution in [3.63, 3.8) is 0 Å². The summed E-state index contributed by atoms with van der Waals surface area (Å²) < 4.78 is 1.98. The van der Waals surface area contributed by atoms with E-state index in [1.54, 1.807) is 0 Å². The minimum atomic E-state index is 0.750. The highest BCUT2D eigenvalue weighted by Crippen LogP contribution is 2.07. The minimum absolute atomic E-state index is 0.750. The monoisotopic (exact) mass is 181 g/mol. The molecule has 2 N–H and O–H groups in total. The van der Waals surface area contributed by atoms with Gasteiger partial charge in [-0.15, -0.1) is 0 Å². The van der Waals surface area contributed by atoms with E-state index < -0.39 is 0 Å². The third-order valence-corrected chi connectivity index (χ3v) is 2.17. The molecule has 3 nitrogen and oxygen atoms in total. The maximum absolute atomic E-state index is 5.45. The van der Waals surface area contributed by atoms with Gasteiger partial charge in [-0.25, -0.2) is 0 Å². The van der Waals surface area contributed by atoms with Crippen LogP contribution in [0.3, 0.4) is 0 Å². The molecule has 0 atom stereocenters. The summed E-state index contributed by atoms with van der Waals surface area (Å²) in [4.78, 5) is 0. The molecule has 13 heavy (non-hydrogen) atoms. The number of nitrogens with zero attached hydrogens (tertiary/aromatic N) is 2. The third kappa shape index (κ3) is 2.84. The molecule has 3 heteroatoms. The van der Waals surface area contributed by atoms with Crippen molar-refractivity contribution in [2.75, 3.05) is 6.54 Å². The topological polar surface area (TPSA) is 43.8 Å². The molecule has 0 aliphatic rings. The first-order valence-electron chi connectivity index (χ1n) is 4.99. The summed E-state index contributed by atoms with van der Waals surface area (Å²) in [5.74, 6) is 0. The van der Waals surface area contributed by atoms with Crippen molar-refractivity contribution in [2.45, 2.75) is 32.6 Å². The first kappa shape index (κ1) is 10.3. The molecule has 0 aromatic carbocycles. The van der Waals surface area contributed by atoms with E-state index in [0.717, 1.165) is 25.8 Å². The normalized spacial score (nSPS) is 10.7. The molecule has 0 aliphatic heterocycles. The predicted octanol–water partition coefficient (Wildman–Crippen LogP) is 1.26. The van der Waals surface area contributed by atoms with Crippen molar-refractivity contribution >= 4 is 0 Å². The maximum atomic E-state index is 5.45. The Morgan fingerprint density at radius 3 is 2.85 bits per heavy atom. The van der Waals surface area contributed by atoms with Crippen LogP contribution in [0.15, 0.2) is 6.07 Å². The van der Waals surface area contributed by atoms with Crippen LogP contribution in [0.5, 0.6) is 0 Å². The molecule has 0 radical (unpaired) electrons. The molecule has 0 spiro atoms. The SMILES string of the molecule is CCCc1cc(CCCN)nn1C. The van der Waals surface area contributed by atoms with Crippen LogP contribution < -0.4 is 5.73 Å². The molecule has 0 fully saturated rings. The van der Waals surface area contributed by atoms with E-state index in [4.69, 9.17) is 5.73 Å². The maximum Gasteiger partial charge on any atom is 0.0627 e. The highest BCUT2D eigenvalue weighted by Gasteiger charge is 2.02. The van der Waals surface area contributed by atoms with Crippen molar-refractivity contribution in [3.05, 3.63) is 17.5 Å². The Labute approximate surface area is 79.9 Å². The average molecular weight is 181 g/mol. The van der Waals surface area contributed by atoms with Crippen LogP contribution in [-0.4, -0.2) is 16.3 Å². The number of aryl methyl sites for hydroxylation is 3. The van der Waals surface area contributed by atoms with Gasteiger partial charge in [0, 0.05) is 12.7 Å². The fourth-order valence-corrected chi connectivity index (χ4v) is 1.47. The summed E-state index contributed by atoms with van der Waals surface area (Å²) in [7, 11) is 2.01. The van der Waals surface area contributed by atoms with Gasteiger partial charge in [-0.05, 0) is 31.9 Å². The molecular formula is C10H19N3. The Kier molecular flexibility index (Phi) is 3.96. The largest absolute Gasteiger partial charge is 0.330 e. The number of hydrogen-bond donors (Lipinski definition) is 1. The second-order valence-electron chi connectivity index (χ2n) is 3.39. The Hall–Kier alpha value is -0.830. The molecule has 0 unspecified atom stereocenters. The van der Waals surface area contributed by atoms with Crippen LogP contribution in [0.25, 0.3) is 0 Å². The molecule has 1 aromatic rings. The third-order valence-electron chi connectivity index (χ3n) is 2.17. The minimum Gasteiger partial charge on any atom is -0.330 e. The second kappa shape index (κ2) is 5.02. The van der Waals surface area contributed by atoms with E-state index in [1.165, 1.54) is 17.8 Å². The van der Waals surface area contributed by atoms with Gasteiger partial charge in [0.15, 0.2) is 0 Å². The lowest BCUT2D eigenvalue weighted by Gasteiger charge is -1.96. The zero-order valence-corrected chi connectivity index (χ0v) is 8.58. The summed E-state index contributed by atoms with van der Waals surface area (Å²) >= 11 is 0. The number of hydrogen-bond acceptors (Lipinski definition) is 2. The Bertz CT molecular complexity index is 253. The molecular weight excluding hydrogens is 162 g/mol. The van der Waals surface area contributed by atoms with Gasteiger partial charge in [0.2, 0.25) is 0 Å². The van der Waals surface area contributed by atoms with Gasteiger partial charge >= 0.3 is 0 Å². The summed E-state index contributed by atoms with van der Waals surface area (Å²) in [6.45, 7) is 2.94. The Morgan fingerprint density at radius 2 is 2.23 bits per heavy atom. The molecule has 0 amide bonds. The number of nitrogens with two attached hydrogens (primary N) is 1. The lowest BCUT2D eigenvalue weighted by atomic mass is 10.2. The van der Waals surface area contributed by atoms with E-state index in [2.05, 4.69) is 18.1 Å². The van der Waals surface area contributed by atoms with E-state index in [0.29, 0.717) is 0 Å². The van der Waals surface area contributed by atoms with Gasteiger partial charge in [-0.1, -0.05) is 13.3 Å². The van der Waals surface area contributed by atoms with Gasteiger partial charge in [0.25, 0.3) is 0 Å². The first-order valence-corrected chi connectivity index (χ1v) is 4.99. The Balaban J connectivity index is 2.59. The van der Waals surface area contributed by atoms with E-state index in [-0.39, 0.29) is 0 Å². The van der Waals surface area contributed by atoms with Crippen LogP contribution >= 0.6 is 0 Å². The van der Waals surface area contributed by atoms with Gasteiger partial charge in [0.05, 0.1) is 5.69 Å². The second-order valence-corrected chi connectivity index (χ2v) is 3.39. The van der Waals surface area contributed by atoms with E-state index in [9.17, 15) is 0 Å². The van der Waals surface area contributed by atoms with Gasteiger partial charge in [0.1, 0.15) is 0 Å². The van der Waals surface area contributed by atoms with Gasteiger partial charge < -0.3 is 5.73 Å². The van der Waals surface area contributed by atoms with Crippen LogP contribution in [0, 0.1) is 0 Å². The smallest absolute Gasteiger partial charge is 0.0627 e. The number of rotatable bonds is 5. The van der Waals surface area contributed by atoms with Gasteiger partial charge in [-0.3, -0.25) is 4.68 Å². The van der Waals surface area contributed by atoms with Crippen molar-refractivity contribution in [1.82, 2.24) is 9.78 Å². The van der Waals surface area contributed by atoms with Crippen molar-refractivity contribution in [3.8, 4) is 0 Å². The van der Waals surface area contributed by atoms with Crippen LogP contribution in [0.4, 0.5) is 0 Å². The molecule has 0 saturated heterocycles. The highest BCUT2D eigenvalue weighted by molar-refractivity contribution is 5.10. The van der Waals surface area contributed by atoms with Crippen molar-refractivity contribution < 1.29 is 0 Å². The quantitative estimate of drug-likeness (QED) is 0.743. The van der Waals surface area contributed by atoms with Crippen LogP contribution in [-0.2, 0) is 19.9 Å². The van der Waals surface area contributed by atoms with Crippen molar-refractivity contribution in [1.29, 1.82) is 0 Å². The van der Waals surface area contributed by atoms with E-state index >= 15 is 0 Å². The van der Waals surface area contributed by atoms with Crippen molar-refractivity contribution in [2.24, 2.45) is 12.8 Å². The summed E-state index contributed by atoms with van der Waals surface area (Å²) in [5, 5.41) is 4.43. The number of aromatic nitrogens is 2. The molecule has 0 bridgehead atoms. The molecule has 1 rings (SSSR count). The zero-order valence-electron chi connectivity index (χ0n) is 8.58. The molecule has 0 aliphatic carbocycles. The standard InChI is InChI=1S/C10H19N3/c1-3-5-10-8-9(6-4-7-11)12-13(10)2/h8H,3-7,11H2,1-2H3. The van der Waals surface area contributed by atoms with Crippen LogP contribution in [0.1, 0.15) is 31.2 Å². The molecule has 1 heterocycles. The summed E-state index contributed by atoms with van der Waals surface area (Å²) in [5.41, 5.74) is 7.95. The van der Waals surface area contributed by atoms with Crippen LogP contribution in [0.2, 0.25) is 0 Å². The van der Waals surface area contributed by atoms with E-state index in [1.807, 2.05) is 11.7 Å². The highest BCUT2D eigenvalue weighted by atomic mass is 15.3.